The van der Waals surface area contributed by atoms with E-state index in [-0.39, 0.29) is 36.6 Å². The molecule has 9 heteroatoms. The smallest absolute Gasteiger partial charge is 0.191 e. The lowest BCUT2D eigenvalue weighted by atomic mass is 10.1. The standard InChI is InChI=1S/C20H32N6O2.HI/c1-5-19-25-24-14-26(19)12-11-22-20(21-6-2)23-13-18(27)16-7-9-17(10-8-16)28-15(3)4;/h7-10,14-15,18,27H,5-6,11-13H2,1-4H3,(H2,21,22,23);1H. The average Bonchev–Trinajstić information content (AvgIpc) is 3.13. The molecule has 2 aromatic rings. The van der Waals surface area contributed by atoms with Crippen molar-refractivity contribution in [3.05, 3.63) is 42.0 Å². The summed E-state index contributed by atoms with van der Waals surface area (Å²) in [6.07, 6.45) is 2.04. The number of aliphatic hydroxyl groups excluding tert-OH is 1. The van der Waals surface area contributed by atoms with Crippen LogP contribution in [0.25, 0.3) is 0 Å². The highest BCUT2D eigenvalue weighted by atomic mass is 127. The number of benzene rings is 1. The summed E-state index contributed by atoms with van der Waals surface area (Å²) in [5.41, 5.74) is 0.813. The molecule has 0 saturated heterocycles. The molecule has 0 radical (unpaired) electrons. The number of hydrogen-bond acceptors (Lipinski definition) is 5. The first-order valence-corrected chi connectivity index (χ1v) is 9.87. The predicted octanol–water partition coefficient (Wildman–Crippen LogP) is 2.53. The van der Waals surface area contributed by atoms with Gasteiger partial charge in [0.05, 0.1) is 18.8 Å². The topological polar surface area (TPSA) is 96.6 Å². The van der Waals surface area contributed by atoms with Gasteiger partial charge in [0.1, 0.15) is 17.9 Å². The molecule has 1 aromatic heterocycles. The molecule has 1 atom stereocenters. The van der Waals surface area contributed by atoms with Crippen LogP contribution in [0.1, 0.15) is 45.2 Å². The number of rotatable bonds is 10. The number of ether oxygens (including phenoxy) is 1. The van der Waals surface area contributed by atoms with E-state index in [1.807, 2.05) is 49.6 Å². The van der Waals surface area contributed by atoms with Crippen LogP contribution in [0, 0.1) is 0 Å². The van der Waals surface area contributed by atoms with Crippen LogP contribution in [0.15, 0.2) is 35.6 Å². The molecule has 0 bridgehead atoms. The molecule has 1 heterocycles. The van der Waals surface area contributed by atoms with Gasteiger partial charge >= 0.3 is 0 Å². The van der Waals surface area contributed by atoms with Gasteiger partial charge < -0.3 is 25.0 Å². The van der Waals surface area contributed by atoms with E-state index in [9.17, 15) is 5.11 Å². The first kappa shape index (κ1) is 25.2. The highest BCUT2D eigenvalue weighted by Crippen LogP contribution is 2.19. The molecule has 0 aliphatic carbocycles. The van der Waals surface area contributed by atoms with E-state index in [0.717, 1.165) is 36.6 Å². The Kier molecular flexibility index (Phi) is 11.6. The second kappa shape index (κ2) is 13.4. The van der Waals surface area contributed by atoms with E-state index >= 15 is 0 Å². The number of hydrogen-bond donors (Lipinski definition) is 3. The molecule has 8 nitrogen and oxygen atoms in total. The Bertz CT molecular complexity index is 733. The summed E-state index contributed by atoms with van der Waals surface area (Å²) < 4.78 is 7.65. The fourth-order valence-corrected chi connectivity index (χ4v) is 2.70. The van der Waals surface area contributed by atoms with E-state index < -0.39 is 6.10 Å². The molecule has 0 aliphatic rings. The Morgan fingerprint density at radius 3 is 2.55 bits per heavy atom. The van der Waals surface area contributed by atoms with Gasteiger partial charge in [-0.2, -0.15) is 0 Å². The second-order valence-electron chi connectivity index (χ2n) is 6.69. The van der Waals surface area contributed by atoms with E-state index in [4.69, 9.17) is 4.74 Å². The zero-order chi connectivity index (χ0) is 20.4. The van der Waals surface area contributed by atoms with Gasteiger partial charge in [-0.25, -0.2) is 0 Å². The Labute approximate surface area is 190 Å². The first-order valence-electron chi connectivity index (χ1n) is 9.87. The molecule has 0 saturated carbocycles. The molecule has 0 spiro atoms. The van der Waals surface area contributed by atoms with Crippen molar-refractivity contribution in [1.82, 2.24) is 25.4 Å². The van der Waals surface area contributed by atoms with Crippen molar-refractivity contribution in [3.8, 4) is 5.75 Å². The Balaban J connectivity index is 0.00000420. The lowest BCUT2D eigenvalue weighted by Crippen LogP contribution is -2.39. The van der Waals surface area contributed by atoms with Gasteiger partial charge in [0.2, 0.25) is 0 Å². The molecule has 2 rings (SSSR count). The number of guanidine groups is 1. The summed E-state index contributed by atoms with van der Waals surface area (Å²) in [4.78, 5) is 4.49. The fraction of sp³-hybridized carbons (Fsp3) is 0.550. The molecular formula is C20H33IN6O2. The summed E-state index contributed by atoms with van der Waals surface area (Å²) in [5, 5.41) is 24.9. The third-order valence-electron chi connectivity index (χ3n) is 4.06. The zero-order valence-corrected chi connectivity index (χ0v) is 20.0. The summed E-state index contributed by atoms with van der Waals surface area (Å²) in [6.45, 7) is 10.5. The van der Waals surface area contributed by atoms with Gasteiger partial charge in [-0.05, 0) is 38.5 Å². The van der Waals surface area contributed by atoms with Gasteiger partial charge in [-0.3, -0.25) is 4.99 Å². The number of aromatic nitrogens is 3. The Morgan fingerprint density at radius 2 is 1.93 bits per heavy atom. The van der Waals surface area contributed by atoms with Gasteiger partial charge in [-0.15, -0.1) is 34.2 Å². The van der Waals surface area contributed by atoms with Crippen LogP contribution in [-0.2, 0) is 13.0 Å². The molecule has 1 unspecified atom stereocenters. The minimum absolute atomic E-state index is 0. The molecular weight excluding hydrogens is 483 g/mol. The Hall–Kier alpha value is -1.88. The number of halogens is 1. The van der Waals surface area contributed by atoms with Crippen molar-refractivity contribution in [1.29, 1.82) is 0 Å². The largest absolute Gasteiger partial charge is 0.491 e. The highest BCUT2D eigenvalue weighted by molar-refractivity contribution is 14.0. The Morgan fingerprint density at radius 1 is 1.21 bits per heavy atom. The van der Waals surface area contributed by atoms with Crippen LogP contribution in [-0.4, -0.2) is 51.6 Å². The molecule has 0 amide bonds. The van der Waals surface area contributed by atoms with Crippen molar-refractivity contribution < 1.29 is 9.84 Å². The van der Waals surface area contributed by atoms with Gasteiger partial charge in [0.15, 0.2) is 5.96 Å². The maximum Gasteiger partial charge on any atom is 0.191 e. The third kappa shape index (κ3) is 8.57. The first-order chi connectivity index (χ1) is 13.5. The van der Waals surface area contributed by atoms with Gasteiger partial charge in [0, 0.05) is 26.1 Å². The molecule has 0 fully saturated rings. The van der Waals surface area contributed by atoms with Gasteiger partial charge in [-0.1, -0.05) is 19.1 Å². The minimum atomic E-state index is -0.673. The second-order valence-corrected chi connectivity index (χ2v) is 6.69. The summed E-state index contributed by atoms with van der Waals surface area (Å²) in [6, 6.07) is 7.49. The predicted molar refractivity (Wildman–Crippen MR) is 126 cm³/mol. The van der Waals surface area contributed by atoms with Crippen LogP contribution in [0.5, 0.6) is 5.75 Å². The summed E-state index contributed by atoms with van der Waals surface area (Å²) in [5.74, 6) is 2.43. The van der Waals surface area contributed by atoms with E-state index in [1.165, 1.54) is 0 Å². The van der Waals surface area contributed by atoms with Crippen molar-refractivity contribution in [3.63, 3.8) is 0 Å². The monoisotopic (exact) mass is 516 g/mol. The van der Waals surface area contributed by atoms with Crippen molar-refractivity contribution in [2.45, 2.75) is 52.9 Å². The molecule has 162 valence electrons. The van der Waals surface area contributed by atoms with E-state index in [1.54, 1.807) is 6.33 Å². The fourth-order valence-electron chi connectivity index (χ4n) is 2.70. The zero-order valence-electron chi connectivity index (χ0n) is 17.6. The van der Waals surface area contributed by atoms with Crippen LogP contribution in [0.4, 0.5) is 0 Å². The van der Waals surface area contributed by atoms with Crippen molar-refractivity contribution in [2.24, 2.45) is 4.99 Å². The molecule has 3 N–H and O–H groups in total. The number of aliphatic hydroxyl groups is 1. The third-order valence-corrected chi connectivity index (χ3v) is 4.06. The van der Waals surface area contributed by atoms with E-state index in [2.05, 4.69) is 32.7 Å². The summed E-state index contributed by atoms with van der Waals surface area (Å²) in [7, 11) is 0. The number of nitrogens with zero attached hydrogens (tertiary/aromatic N) is 4. The van der Waals surface area contributed by atoms with Crippen LogP contribution in [0.2, 0.25) is 0 Å². The maximum atomic E-state index is 10.4. The SMILES string of the molecule is CCNC(=NCC(O)c1ccc(OC(C)C)cc1)NCCn1cnnc1CC.I. The van der Waals surface area contributed by atoms with Crippen molar-refractivity contribution >= 4 is 29.9 Å². The average molecular weight is 516 g/mol. The number of aryl methyl sites for hydroxylation is 1. The normalized spacial score (nSPS) is 12.4. The van der Waals surface area contributed by atoms with Crippen molar-refractivity contribution in [2.75, 3.05) is 19.6 Å². The number of aliphatic imine (C=N–C) groups is 1. The van der Waals surface area contributed by atoms with Crippen LogP contribution in [0.3, 0.4) is 0 Å². The van der Waals surface area contributed by atoms with Gasteiger partial charge in [0.25, 0.3) is 0 Å². The molecule has 29 heavy (non-hydrogen) atoms. The number of nitrogens with one attached hydrogen (secondary N) is 2. The minimum Gasteiger partial charge on any atom is -0.491 e. The quantitative estimate of drug-likeness (QED) is 0.255. The lowest BCUT2D eigenvalue weighted by Gasteiger charge is -2.15. The highest BCUT2D eigenvalue weighted by Gasteiger charge is 2.09. The molecule has 0 aliphatic heterocycles. The van der Waals surface area contributed by atoms with Crippen LogP contribution >= 0.6 is 24.0 Å². The van der Waals surface area contributed by atoms with E-state index in [0.29, 0.717) is 12.5 Å². The molecule has 1 aromatic carbocycles. The lowest BCUT2D eigenvalue weighted by molar-refractivity contribution is 0.186. The van der Waals surface area contributed by atoms with Crippen LogP contribution < -0.4 is 15.4 Å². The maximum absolute atomic E-state index is 10.4. The summed E-state index contributed by atoms with van der Waals surface area (Å²) >= 11 is 0.